The summed E-state index contributed by atoms with van der Waals surface area (Å²) in [6.45, 7) is 1.55. The third kappa shape index (κ3) is 1.21. The summed E-state index contributed by atoms with van der Waals surface area (Å²) in [7, 11) is 0. The Morgan fingerprint density at radius 1 is 1.40 bits per heavy atom. The Kier molecular flexibility index (Phi) is 1.85. The molecule has 1 aliphatic rings. The molecular weight excluding hydrogens is 256 g/mol. The van der Waals surface area contributed by atoms with Gasteiger partial charge in [0.15, 0.2) is 0 Å². The molecule has 0 atom stereocenters. The highest BCUT2D eigenvalue weighted by Gasteiger charge is 2.20. The van der Waals surface area contributed by atoms with E-state index in [9.17, 15) is 4.79 Å². The van der Waals surface area contributed by atoms with Crippen molar-refractivity contribution in [1.82, 2.24) is 9.88 Å². The Morgan fingerprint density at radius 3 is 3.13 bits per heavy atom. The molecule has 2 aromatic rings. The number of carbonyl (C=O) groups is 1. The van der Waals surface area contributed by atoms with E-state index in [1.807, 2.05) is 24.3 Å². The first-order chi connectivity index (χ1) is 7.27. The minimum absolute atomic E-state index is 0.0179. The molecule has 0 bridgehead atoms. The van der Waals surface area contributed by atoms with Crippen molar-refractivity contribution in [3.05, 3.63) is 34.4 Å². The molecule has 15 heavy (non-hydrogen) atoms. The van der Waals surface area contributed by atoms with Crippen molar-refractivity contribution in [2.75, 3.05) is 6.54 Å². The minimum atomic E-state index is 0.0179. The SMILES string of the molecule is O=C1NCCn2c1cc1cccc(Br)c12. The molecule has 2 heterocycles. The maximum absolute atomic E-state index is 11.6. The molecule has 76 valence electrons. The van der Waals surface area contributed by atoms with Crippen LogP contribution in [0.15, 0.2) is 28.7 Å². The number of aromatic nitrogens is 1. The highest BCUT2D eigenvalue weighted by Crippen LogP contribution is 2.28. The molecule has 1 aliphatic heterocycles. The fourth-order valence-corrected chi connectivity index (χ4v) is 2.67. The number of halogens is 1. The molecule has 0 fully saturated rings. The maximum atomic E-state index is 11.6. The summed E-state index contributed by atoms with van der Waals surface area (Å²) < 4.78 is 3.11. The van der Waals surface area contributed by atoms with Crippen LogP contribution < -0.4 is 5.32 Å². The Bertz CT molecular complexity index is 559. The Morgan fingerprint density at radius 2 is 2.27 bits per heavy atom. The van der Waals surface area contributed by atoms with Crippen LogP contribution in [-0.2, 0) is 6.54 Å². The summed E-state index contributed by atoms with van der Waals surface area (Å²) in [5.41, 5.74) is 1.87. The zero-order valence-electron chi connectivity index (χ0n) is 7.96. The fraction of sp³-hybridized carbons (Fsp3) is 0.182. The Balaban J connectivity index is 2.41. The van der Waals surface area contributed by atoms with Crippen LogP contribution in [-0.4, -0.2) is 17.0 Å². The number of nitrogens with one attached hydrogen (secondary N) is 1. The van der Waals surface area contributed by atoms with E-state index in [2.05, 4.69) is 25.8 Å². The largest absolute Gasteiger partial charge is 0.349 e. The van der Waals surface area contributed by atoms with Crippen molar-refractivity contribution >= 4 is 32.7 Å². The van der Waals surface area contributed by atoms with Crippen molar-refractivity contribution in [3.63, 3.8) is 0 Å². The van der Waals surface area contributed by atoms with Gasteiger partial charge in [-0.3, -0.25) is 4.79 Å². The van der Waals surface area contributed by atoms with Crippen molar-refractivity contribution < 1.29 is 4.79 Å². The number of hydrogen-bond acceptors (Lipinski definition) is 1. The molecule has 0 unspecified atom stereocenters. The Hall–Kier alpha value is -1.29. The average molecular weight is 265 g/mol. The monoisotopic (exact) mass is 264 g/mol. The first-order valence-corrected chi connectivity index (χ1v) is 5.62. The molecule has 3 nitrogen and oxygen atoms in total. The van der Waals surface area contributed by atoms with Gasteiger partial charge in [0, 0.05) is 22.9 Å². The third-order valence-corrected chi connectivity index (χ3v) is 3.36. The van der Waals surface area contributed by atoms with Crippen LogP contribution in [0.2, 0.25) is 0 Å². The number of amides is 1. The fourth-order valence-electron chi connectivity index (χ4n) is 2.07. The minimum Gasteiger partial charge on any atom is -0.349 e. The summed E-state index contributed by atoms with van der Waals surface area (Å²) in [5, 5.41) is 3.95. The van der Waals surface area contributed by atoms with Gasteiger partial charge in [0.25, 0.3) is 5.91 Å². The van der Waals surface area contributed by atoms with E-state index in [0.717, 1.165) is 27.6 Å². The second kappa shape index (κ2) is 3.10. The summed E-state index contributed by atoms with van der Waals surface area (Å²) in [6, 6.07) is 7.95. The van der Waals surface area contributed by atoms with Crippen LogP contribution in [0, 0.1) is 0 Å². The quantitative estimate of drug-likeness (QED) is 0.778. The van der Waals surface area contributed by atoms with Crippen molar-refractivity contribution in [2.45, 2.75) is 6.54 Å². The van der Waals surface area contributed by atoms with Crippen molar-refractivity contribution in [2.24, 2.45) is 0 Å². The molecule has 0 saturated carbocycles. The van der Waals surface area contributed by atoms with Crippen LogP contribution in [0.1, 0.15) is 10.5 Å². The van der Waals surface area contributed by atoms with E-state index in [-0.39, 0.29) is 5.91 Å². The topological polar surface area (TPSA) is 34.0 Å². The highest BCUT2D eigenvalue weighted by molar-refractivity contribution is 9.10. The van der Waals surface area contributed by atoms with Gasteiger partial charge in [-0.1, -0.05) is 12.1 Å². The van der Waals surface area contributed by atoms with Crippen molar-refractivity contribution in [3.8, 4) is 0 Å². The predicted octanol–water partition coefficient (Wildman–Crippen LogP) is 2.15. The maximum Gasteiger partial charge on any atom is 0.268 e. The molecule has 0 saturated heterocycles. The number of carbonyl (C=O) groups excluding carboxylic acids is 1. The van der Waals surface area contributed by atoms with Crippen LogP contribution in [0.25, 0.3) is 10.9 Å². The van der Waals surface area contributed by atoms with Gasteiger partial charge in [0.05, 0.1) is 5.52 Å². The standard InChI is InChI=1S/C11H9BrN2O/c12-8-3-1-2-7-6-9-11(15)13-4-5-14(9)10(7)8/h1-3,6H,4-5H2,(H,13,15). The highest BCUT2D eigenvalue weighted by atomic mass is 79.9. The number of benzene rings is 1. The predicted molar refractivity (Wildman–Crippen MR) is 62.0 cm³/mol. The van der Waals surface area contributed by atoms with E-state index in [1.165, 1.54) is 0 Å². The normalized spacial score (nSPS) is 15.1. The van der Waals surface area contributed by atoms with Gasteiger partial charge in [0.2, 0.25) is 0 Å². The molecule has 0 aliphatic carbocycles. The zero-order valence-corrected chi connectivity index (χ0v) is 9.54. The molecule has 4 heteroatoms. The van der Waals surface area contributed by atoms with Gasteiger partial charge in [-0.2, -0.15) is 0 Å². The Labute approximate surface area is 95.2 Å². The van der Waals surface area contributed by atoms with Gasteiger partial charge < -0.3 is 9.88 Å². The van der Waals surface area contributed by atoms with E-state index in [4.69, 9.17) is 0 Å². The van der Waals surface area contributed by atoms with Crippen molar-refractivity contribution in [1.29, 1.82) is 0 Å². The third-order valence-electron chi connectivity index (χ3n) is 2.72. The lowest BCUT2D eigenvalue weighted by atomic mass is 10.2. The van der Waals surface area contributed by atoms with E-state index < -0.39 is 0 Å². The molecule has 1 amide bonds. The summed E-state index contributed by atoms with van der Waals surface area (Å²) in [4.78, 5) is 11.6. The number of hydrogen-bond donors (Lipinski definition) is 1. The van der Waals surface area contributed by atoms with E-state index in [1.54, 1.807) is 0 Å². The van der Waals surface area contributed by atoms with Crippen LogP contribution >= 0.6 is 15.9 Å². The van der Waals surface area contributed by atoms with Gasteiger partial charge in [-0.25, -0.2) is 0 Å². The van der Waals surface area contributed by atoms with E-state index in [0.29, 0.717) is 6.54 Å². The van der Waals surface area contributed by atoms with E-state index >= 15 is 0 Å². The smallest absolute Gasteiger partial charge is 0.268 e. The van der Waals surface area contributed by atoms with Crippen LogP contribution in [0.3, 0.4) is 0 Å². The van der Waals surface area contributed by atoms with Gasteiger partial charge in [-0.15, -0.1) is 0 Å². The number of nitrogens with zero attached hydrogens (tertiary/aromatic N) is 1. The molecule has 0 spiro atoms. The number of fused-ring (bicyclic) bond motifs is 3. The lowest BCUT2D eigenvalue weighted by Gasteiger charge is -2.16. The summed E-state index contributed by atoms with van der Waals surface area (Å²) in [5.74, 6) is 0.0179. The second-order valence-corrected chi connectivity index (χ2v) is 4.47. The zero-order chi connectivity index (χ0) is 10.4. The van der Waals surface area contributed by atoms with Crippen LogP contribution in [0.4, 0.5) is 0 Å². The van der Waals surface area contributed by atoms with Crippen LogP contribution in [0.5, 0.6) is 0 Å². The summed E-state index contributed by atoms with van der Waals surface area (Å²) >= 11 is 3.52. The lowest BCUT2D eigenvalue weighted by Crippen LogP contribution is -2.34. The second-order valence-electron chi connectivity index (χ2n) is 3.61. The van der Waals surface area contributed by atoms with Gasteiger partial charge in [-0.05, 0) is 28.1 Å². The number of para-hydroxylation sites is 1. The number of rotatable bonds is 0. The molecule has 0 radical (unpaired) electrons. The molecule has 1 N–H and O–H groups in total. The summed E-state index contributed by atoms with van der Waals surface area (Å²) in [6.07, 6.45) is 0. The molecular formula is C11H9BrN2O. The molecule has 3 rings (SSSR count). The lowest BCUT2D eigenvalue weighted by molar-refractivity contribution is 0.0929. The van der Waals surface area contributed by atoms with Gasteiger partial charge >= 0.3 is 0 Å². The first-order valence-electron chi connectivity index (χ1n) is 4.83. The molecule has 1 aromatic heterocycles. The first kappa shape index (κ1) is 8.97. The van der Waals surface area contributed by atoms with Gasteiger partial charge in [0.1, 0.15) is 5.69 Å². The average Bonchev–Trinajstić information content (AvgIpc) is 2.59. The molecule has 1 aromatic carbocycles.